The van der Waals surface area contributed by atoms with Gasteiger partial charge in [0.05, 0.1) is 12.5 Å². The number of carbonyl (C=O) groups excluding carboxylic acids is 1. The summed E-state index contributed by atoms with van der Waals surface area (Å²) in [6.07, 6.45) is -0.321. The molecular formula is C14H14ClF8IO2. The molecule has 2 fully saturated rings. The van der Waals surface area contributed by atoms with Crippen molar-refractivity contribution in [3.8, 4) is 0 Å². The molecule has 2 saturated carbocycles. The molecular weight excluding hydrogens is 514 g/mol. The van der Waals surface area contributed by atoms with Gasteiger partial charge in [-0.2, -0.15) is 35.1 Å². The van der Waals surface area contributed by atoms with Crippen molar-refractivity contribution in [3.05, 3.63) is 0 Å². The molecule has 5 atom stereocenters. The third-order valence-electron chi connectivity index (χ3n) is 5.09. The van der Waals surface area contributed by atoms with E-state index in [1.54, 1.807) is 0 Å². The minimum Gasteiger partial charge on any atom is -0.466 e. The summed E-state index contributed by atoms with van der Waals surface area (Å²) in [5.74, 6) is -24.0. The van der Waals surface area contributed by atoms with Crippen molar-refractivity contribution in [3.63, 3.8) is 0 Å². The number of halogens is 10. The Balaban J connectivity index is 2.31. The highest BCUT2D eigenvalue weighted by atomic mass is 127. The average molecular weight is 529 g/mol. The number of hydrogen-bond donors (Lipinski definition) is 0. The van der Waals surface area contributed by atoms with Gasteiger partial charge in [0.15, 0.2) is 0 Å². The predicted octanol–water partition coefficient (Wildman–Crippen LogP) is 5.36. The first kappa shape index (κ1) is 22.2. The SMILES string of the molecule is CCOC(=O)[C@H]1C[C@@H]2C[C@H]1[C@H](I)[C@H]2C(F)(F)C(F)(F)C(F)(F)C(F)(F)Cl. The van der Waals surface area contributed by atoms with Crippen LogP contribution in [0.5, 0.6) is 0 Å². The Morgan fingerprint density at radius 2 is 1.62 bits per heavy atom. The van der Waals surface area contributed by atoms with Crippen molar-refractivity contribution >= 4 is 40.2 Å². The van der Waals surface area contributed by atoms with Gasteiger partial charge in [-0.25, -0.2) is 0 Å². The normalized spacial score (nSPS) is 32.8. The van der Waals surface area contributed by atoms with Crippen LogP contribution < -0.4 is 0 Å². The average Bonchev–Trinajstić information content (AvgIpc) is 3.03. The Labute approximate surface area is 162 Å². The molecule has 2 aliphatic rings. The quantitative estimate of drug-likeness (QED) is 0.201. The summed E-state index contributed by atoms with van der Waals surface area (Å²) >= 11 is 5.37. The molecule has 2 rings (SSSR count). The summed E-state index contributed by atoms with van der Waals surface area (Å²) in [5.41, 5.74) is 0. The third kappa shape index (κ3) is 3.08. The van der Waals surface area contributed by atoms with E-state index in [1.807, 2.05) is 0 Å². The molecule has 0 N–H and O–H groups in total. The summed E-state index contributed by atoms with van der Waals surface area (Å²) in [5, 5.41) is -5.86. The van der Waals surface area contributed by atoms with Gasteiger partial charge in [-0.05, 0) is 43.2 Å². The van der Waals surface area contributed by atoms with E-state index in [4.69, 9.17) is 4.74 Å². The zero-order chi connectivity index (χ0) is 20.3. The Kier molecular flexibility index (Phi) is 5.78. The number of hydrogen-bond acceptors (Lipinski definition) is 2. The molecule has 0 aromatic carbocycles. The summed E-state index contributed by atoms with van der Waals surface area (Å²) in [7, 11) is 0. The number of esters is 1. The molecule has 0 unspecified atom stereocenters. The number of ether oxygens (including phenoxy) is 1. The zero-order valence-corrected chi connectivity index (χ0v) is 16.0. The lowest BCUT2D eigenvalue weighted by Gasteiger charge is -2.42. The lowest BCUT2D eigenvalue weighted by atomic mass is 9.76. The molecule has 12 heteroatoms. The molecule has 0 aliphatic heterocycles. The van der Waals surface area contributed by atoms with E-state index in [-0.39, 0.29) is 19.4 Å². The zero-order valence-electron chi connectivity index (χ0n) is 13.1. The highest BCUT2D eigenvalue weighted by Crippen LogP contribution is 2.65. The predicted molar refractivity (Wildman–Crippen MR) is 83.3 cm³/mol. The van der Waals surface area contributed by atoms with Crippen molar-refractivity contribution in [2.45, 2.75) is 46.8 Å². The monoisotopic (exact) mass is 528 g/mol. The molecule has 2 aliphatic carbocycles. The largest absolute Gasteiger partial charge is 0.466 e. The second kappa shape index (κ2) is 6.77. The van der Waals surface area contributed by atoms with Crippen LogP contribution in [0.4, 0.5) is 35.1 Å². The van der Waals surface area contributed by atoms with Gasteiger partial charge >= 0.3 is 29.1 Å². The van der Waals surface area contributed by atoms with Crippen LogP contribution in [0.2, 0.25) is 0 Å². The maximum absolute atomic E-state index is 14.4. The minimum atomic E-state index is -6.45. The fourth-order valence-electron chi connectivity index (χ4n) is 3.90. The first-order valence-corrected chi connectivity index (χ1v) is 9.24. The summed E-state index contributed by atoms with van der Waals surface area (Å²) < 4.78 is 112. The molecule has 0 spiro atoms. The van der Waals surface area contributed by atoms with Gasteiger partial charge in [-0.15, -0.1) is 0 Å². The topological polar surface area (TPSA) is 26.3 Å². The smallest absolute Gasteiger partial charge is 0.392 e. The van der Waals surface area contributed by atoms with Gasteiger partial charge in [-0.1, -0.05) is 22.6 Å². The lowest BCUT2D eigenvalue weighted by Crippen LogP contribution is -2.64. The van der Waals surface area contributed by atoms with Crippen LogP contribution in [0.25, 0.3) is 0 Å². The van der Waals surface area contributed by atoms with Gasteiger partial charge in [-0.3, -0.25) is 4.79 Å². The van der Waals surface area contributed by atoms with Crippen molar-refractivity contribution in [2.75, 3.05) is 6.61 Å². The molecule has 0 aromatic heterocycles. The standard InChI is InChI=1S/C14H14ClF8IO2/c1-2-26-10(25)7-4-5-3-6(7)9(24)8(5)11(16,17)12(18,19)13(20,21)14(15,22)23/h5-9H,2-4H2,1H3/t5-,6+,7-,8-,9-/m0/s1. The van der Waals surface area contributed by atoms with Crippen LogP contribution in [-0.4, -0.2) is 39.7 Å². The molecule has 0 saturated heterocycles. The summed E-state index contributed by atoms with van der Waals surface area (Å²) in [4.78, 5) is 11.8. The highest BCUT2D eigenvalue weighted by molar-refractivity contribution is 14.1. The number of fused-ring (bicyclic) bond motifs is 2. The molecule has 26 heavy (non-hydrogen) atoms. The first-order valence-electron chi connectivity index (χ1n) is 7.62. The van der Waals surface area contributed by atoms with Crippen molar-refractivity contribution < 1.29 is 44.7 Å². The van der Waals surface area contributed by atoms with Gasteiger partial charge in [0.25, 0.3) is 0 Å². The van der Waals surface area contributed by atoms with Crippen molar-refractivity contribution in [1.82, 2.24) is 0 Å². The fraction of sp³-hybridized carbons (Fsp3) is 0.929. The number of carbonyl (C=O) groups is 1. The first-order chi connectivity index (χ1) is 11.6. The Bertz CT molecular complexity index is 566. The van der Waals surface area contributed by atoms with E-state index in [9.17, 15) is 39.9 Å². The van der Waals surface area contributed by atoms with Gasteiger partial charge in [0.2, 0.25) is 0 Å². The second-order valence-electron chi connectivity index (χ2n) is 6.49. The Morgan fingerprint density at radius 3 is 2.04 bits per heavy atom. The van der Waals surface area contributed by atoms with Crippen LogP contribution >= 0.6 is 34.2 Å². The van der Waals surface area contributed by atoms with E-state index in [0.717, 1.165) is 0 Å². The highest BCUT2D eigenvalue weighted by Gasteiger charge is 2.83. The number of alkyl halides is 10. The van der Waals surface area contributed by atoms with E-state index < -0.39 is 56.7 Å². The van der Waals surface area contributed by atoms with Crippen LogP contribution in [0.1, 0.15) is 19.8 Å². The maximum Gasteiger partial charge on any atom is 0.392 e. The second-order valence-corrected chi connectivity index (χ2v) is 8.41. The Hall–Kier alpha value is -0.0700. The molecule has 2 bridgehead atoms. The molecule has 2 nitrogen and oxygen atoms in total. The molecule has 0 aromatic rings. The van der Waals surface area contributed by atoms with E-state index in [1.165, 1.54) is 29.5 Å². The summed E-state index contributed by atoms with van der Waals surface area (Å²) in [6, 6.07) is 0. The van der Waals surface area contributed by atoms with Gasteiger partial charge in [0, 0.05) is 9.84 Å². The lowest BCUT2D eigenvalue weighted by molar-refractivity contribution is -0.361. The molecule has 152 valence electrons. The van der Waals surface area contributed by atoms with Gasteiger partial charge < -0.3 is 4.74 Å². The Morgan fingerprint density at radius 1 is 1.08 bits per heavy atom. The summed E-state index contributed by atoms with van der Waals surface area (Å²) in [6.45, 7) is 1.56. The van der Waals surface area contributed by atoms with Crippen molar-refractivity contribution in [1.29, 1.82) is 0 Å². The van der Waals surface area contributed by atoms with Gasteiger partial charge in [0.1, 0.15) is 0 Å². The van der Waals surface area contributed by atoms with Crippen LogP contribution in [0.15, 0.2) is 0 Å². The molecule has 0 amide bonds. The van der Waals surface area contributed by atoms with Crippen LogP contribution in [0, 0.1) is 23.7 Å². The van der Waals surface area contributed by atoms with E-state index in [2.05, 4.69) is 11.6 Å². The van der Waals surface area contributed by atoms with Crippen LogP contribution in [0.3, 0.4) is 0 Å². The van der Waals surface area contributed by atoms with Crippen LogP contribution in [-0.2, 0) is 9.53 Å². The van der Waals surface area contributed by atoms with E-state index >= 15 is 0 Å². The molecule has 0 heterocycles. The maximum atomic E-state index is 14.4. The van der Waals surface area contributed by atoms with E-state index in [0.29, 0.717) is 0 Å². The molecule has 0 radical (unpaired) electrons. The third-order valence-corrected chi connectivity index (χ3v) is 7.02. The fourth-order valence-corrected chi connectivity index (χ4v) is 5.85. The minimum absolute atomic E-state index is 0.0350. The number of rotatable bonds is 6. The van der Waals surface area contributed by atoms with Crippen molar-refractivity contribution in [2.24, 2.45) is 23.7 Å².